The molecule has 1 aliphatic rings. The van der Waals surface area contributed by atoms with Crippen molar-refractivity contribution in [3.63, 3.8) is 0 Å². The molecule has 4 heteroatoms. The van der Waals surface area contributed by atoms with Crippen LogP contribution in [0.15, 0.2) is 0 Å². The highest BCUT2D eigenvalue weighted by atomic mass is 32.2. The maximum atomic E-state index is 9.89. The Kier molecular flexibility index (Phi) is 2.63. The van der Waals surface area contributed by atoms with Crippen molar-refractivity contribution in [1.82, 2.24) is 0 Å². The van der Waals surface area contributed by atoms with E-state index in [1.165, 1.54) is 12.8 Å². The molecule has 1 saturated carbocycles. The highest BCUT2D eigenvalue weighted by molar-refractivity contribution is 7.74. The maximum Gasteiger partial charge on any atom is 0.301 e. The molecule has 0 radical (unpaired) electrons. The van der Waals surface area contributed by atoms with Crippen molar-refractivity contribution in [3.05, 3.63) is 0 Å². The molecular formula is C5H10O3S. The zero-order chi connectivity index (χ0) is 6.69. The third-order valence-corrected chi connectivity index (χ3v) is 1.78. The number of hydrogen-bond acceptors (Lipinski definition) is 2. The normalized spacial score (nSPS) is 21.9. The van der Waals surface area contributed by atoms with Gasteiger partial charge in [-0.3, -0.25) is 8.74 Å². The van der Waals surface area contributed by atoms with Crippen molar-refractivity contribution in [3.8, 4) is 0 Å². The van der Waals surface area contributed by atoms with Crippen LogP contribution in [-0.2, 0) is 15.5 Å². The molecule has 9 heavy (non-hydrogen) atoms. The standard InChI is InChI=1S/C5H10O3S/c6-9(7)8-4-3-5-1-2-5/h5H,1-4H2,(H,6,7). The van der Waals surface area contributed by atoms with Crippen molar-refractivity contribution in [2.75, 3.05) is 6.61 Å². The van der Waals surface area contributed by atoms with Crippen LogP contribution in [-0.4, -0.2) is 15.4 Å². The minimum absolute atomic E-state index is 0.424. The van der Waals surface area contributed by atoms with Crippen LogP contribution in [0, 0.1) is 5.92 Å². The van der Waals surface area contributed by atoms with Gasteiger partial charge in [-0.15, -0.1) is 0 Å². The van der Waals surface area contributed by atoms with E-state index < -0.39 is 11.4 Å². The van der Waals surface area contributed by atoms with Crippen LogP contribution in [0.1, 0.15) is 19.3 Å². The van der Waals surface area contributed by atoms with Crippen LogP contribution in [0.25, 0.3) is 0 Å². The van der Waals surface area contributed by atoms with Crippen LogP contribution in [0.3, 0.4) is 0 Å². The van der Waals surface area contributed by atoms with Gasteiger partial charge in [0.2, 0.25) is 0 Å². The Morgan fingerprint density at radius 1 is 1.67 bits per heavy atom. The molecule has 0 saturated heterocycles. The summed E-state index contributed by atoms with van der Waals surface area (Å²) in [5.74, 6) is 0.772. The molecule has 1 atom stereocenters. The highest BCUT2D eigenvalue weighted by Gasteiger charge is 2.20. The Bertz CT molecular complexity index is 111. The molecule has 0 spiro atoms. The largest absolute Gasteiger partial charge is 0.301 e. The van der Waals surface area contributed by atoms with Crippen molar-refractivity contribution >= 4 is 11.4 Å². The first-order chi connectivity index (χ1) is 4.29. The first-order valence-corrected chi connectivity index (χ1v) is 4.06. The van der Waals surface area contributed by atoms with Gasteiger partial charge in [-0.2, -0.15) is 4.21 Å². The summed E-state index contributed by atoms with van der Waals surface area (Å²) in [5.41, 5.74) is 0. The lowest BCUT2D eigenvalue weighted by molar-refractivity contribution is 0.294. The van der Waals surface area contributed by atoms with Gasteiger partial charge in [-0.05, 0) is 12.3 Å². The SMILES string of the molecule is O=S(O)OCCC1CC1. The van der Waals surface area contributed by atoms with E-state index in [0.29, 0.717) is 6.61 Å². The Morgan fingerprint density at radius 2 is 2.33 bits per heavy atom. The predicted molar refractivity (Wildman–Crippen MR) is 34.1 cm³/mol. The molecule has 54 valence electrons. The Morgan fingerprint density at radius 3 is 2.78 bits per heavy atom. The summed E-state index contributed by atoms with van der Waals surface area (Å²) in [6, 6.07) is 0. The minimum Gasteiger partial charge on any atom is -0.284 e. The van der Waals surface area contributed by atoms with Gasteiger partial charge in [0.1, 0.15) is 0 Å². The zero-order valence-corrected chi connectivity index (χ0v) is 5.89. The average Bonchev–Trinajstić information content (AvgIpc) is 2.48. The molecule has 0 aromatic rings. The second-order valence-corrected chi connectivity index (χ2v) is 2.94. The molecule has 1 rings (SSSR count). The molecule has 3 nitrogen and oxygen atoms in total. The van der Waals surface area contributed by atoms with Gasteiger partial charge in [0, 0.05) is 0 Å². The number of hydrogen-bond donors (Lipinski definition) is 1. The van der Waals surface area contributed by atoms with Gasteiger partial charge < -0.3 is 0 Å². The van der Waals surface area contributed by atoms with Crippen molar-refractivity contribution < 1.29 is 12.9 Å². The monoisotopic (exact) mass is 150 g/mol. The molecule has 0 amide bonds. The van der Waals surface area contributed by atoms with E-state index in [2.05, 4.69) is 4.18 Å². The smallest absolute Gasteiger partial charge is 0.284 e. The van der Waals surface area contributed by atoms with Crippen LogP contribution in [0.5, 0.6) is 0 Å². The Labute approximate surface area is 56.9 Å². The highest BCUT2D eigenvalue weighted by Crippen LogP contribution is 2.32. The fraction of sp³-hybridized carbons (Fsp3) is 1.00. The predicted octanol–water partition coefficient (Wildman–Crippen LogP) is 0.940. The molecule has 1 N–H and O–H groups in total. The quantitative estimate of drug-likeness (QED) is 0.607. The second kappa shape index (κ2) is 3.29. The first-order valence-electron chi connectivity index (χ1n) is 3.03. The van der Waals surface area contributed by atoms with Crippen molar-refractivity contribution in [2.24, 2.45) is 5.92 Å². The fourth-order valence-electron chi connectivity index (χ4n) is 0.693. The summed E-state index contributed by atoms with van der Waals surface area (Å²) in [4.78, 5) is 0. The van der Waals surface area contributed by atoms with E-state index in [-0.39, 0.29) is 0 Å². The molecule has 0 aliphatic heterocycles. The van der Waals surface area contributed by atoms with Gasteiger partial charge in [-0.25, -0.2) is 0 Å². The van der Waals surface area contributed by atoms with E-state index >= 15 is 0 Å². The van der Waals surface area contributed by atoms with Crippen LogP contribution in [0.4, 0.5) is 0 Å². The molecule has 1 fully saturated rings. The van der Waals surface area contributed by atoms with Gasteiger partial charge >= 0.3 is 11.4 Å². The van der Waals surface area contributed by atoms with Gasteiger partial charge in [-0.1, -0.05) is 12.8 Å². The third-order valence-electron chi connectivity index (χ3n) is 1.41. The average molecular weight is 150 g/mol. The van der Waals surface area contributed by atoms with Crippen LogP contribution in [0.2, 0.25) is 0 Å². The molecule has 0 aromatic carbocycles. The Hall–Kier alpha value is 0.0700. The van der Waals surface area contributed by atoms with Crippen molar-refractivity contribution in [2.45, 2.75) is 19.3 Å². The zero-order valence-electron chi connectivity index (χ0n) is 5.08. The van der Waals surface area contributed by atoms with E-state index in [9.17, 15) is 4.21 Å². The summed E-state index contributed by atoms with van der Waals surface area (Å²) in [7, 11) is 0. The van der Waals surface area contributed by atoms with Gasteiger partial charge in [0.15, 0.2) is 0 Å². The summed E-state index contributed by atoms with van der Waals surface area (Å²) in [6.07, 6.45) is 3.47. The molecule has 0 aromatic heterocycles. The second-order valence-electron chi connectivity index (χ2n) is 2.27. The third kappa shape index (κ3) is 3.61. The van der Waals surface area contributed by atoms with E-state index in [1.54, 1.807) is 0 Å². The lowest BCUT2D eigenvalue weighted by atomic mass is 10.3. The minimum atomic E-state index is -2.05. The summed E-state index contributed by atoms with van der Waals surface area (Å²) in [6.45, 7) is 0.424. The van der Waals surface area contributed by atoms with Crippen molar-refractivity contribution in [1.29, 1.82) is 0 Å². The lowest BCUT2D eigenvalue weighted by Gasteiger charge is -1.94. The number of rotatable bonds is 4. The summed E-state index contributed by atoms with van der Waals surface area (Å²) in [5, 5.41) is 0. The molecule has 0 bridgehead atoms. The topological polar surface area (TPSA) is 46.5 Å². The molecule has 1 aliphatic carbocycles. The molecular weight excluding hydrogens is 140 g/mol. The molecule has 0 heterocycles. The Balaban J connectivity index is 1.86. The van der Waals surface area contributed by atoms with E-state index in [4.69, 9.17) is 4.55 Å². The maximum absolute atomic E-state index is 9.89. The van der Waals surface area contributed by atoms with Gasteiger partial charge in [0.05, 0.1) is 6.61 Å². The summed E-state index contributed by atoms with van der Waals surface area (Å²) < 4.78 is 22.4. The first kappa shape index (κ1) is 7.18. The van der Waals surface area contributed by atoms with Crippen LogP contribution < -0.4 is 0 Å². The molecule has 1 unspecified atom stereocenters. The fourth-order valence-corrected chi connectivity index (χ4v) is 0.931. The van der Waals surface area contributed by atoms with E-state index in [1.807, 2.05) is 0 Å². The van der Waals surface area contributed by atoms with Gasteiger partial charge in [0.25, 0.3) is 0 Å². The van der Waals surface area contributed by atoms with E-state index in [0.717, 1.165) is 12.3 Å². The van der Waals surface area contributed by atoms with Crippen LogP contribution >= 0.6 is 0 Å². The summed E-state index contributed by atoms with van der Waals surface area (Å²) >= 11 is -2.05. The lowest BCUT2D eigenvalue weighted by Crippen LogP contribution is -1.97.